The predicted molar refractivity (Wildman–Crippen MR) is 184 cm³/mol. The van der Waals surface area contributed by atoms with Gasteiger partial charge in [-0.3, -0.25) is 9.59 Å². The lowest BCUT2D eigenvalue weighted by Gasteiger charge is -2.36. The van der Waals surface area contributed by atoms with Crippen LogP contribution in [-0.4, -0.2) is 88.0 Å². The van der Waals surface area contributed by atoms with Gasteiger partial charge in [-0.25, -0.2) is 0 Å². The van der Waals surface area contributed by atoms with Crippen LogP contribution in [0, 0.1) is 19.8 Å². The van der Waals surface area contributed by atoms with E-state index in [4.69, 9.17) is 0 Å². The molecule has 45 heavy (non-hydrogen) atoms. The highest BCUT2D eigenvalue weighted by molar-refractivity contribution is 7.19. The zero-order valence-electron chi connectivity index (χ0n) is 28.0. The average Bonchev–Trinajstić information content (AvgIpc) is 3.75. The number of rotatable bonds is 8. The van der Waals surface area contributed by atoms with Gasteiger partial charge in [0.1, 0.15) is 4.83 Å². The molecule has 0 aliphatic carbocycles. The number of H-pyrrole nitrogens is 1. The number of aryl methyl sites for hydroxylation is 2. The van der Waals surface area contributed by atoms with Crippen molar-refractivity contribution in [2.24, 2.45) is 5.92 Å². The number of thiophene rings is 1. The number of nitrogens with one attached hydrogen (secondary N) is 1. The van der Waals surface area contributed by atoms with Crippen LogP contribution in [0.2, 0.25) is 0 Å². The number of aromatic nitrogens is 1. The van der Waals surface area contributed by atoms with Crippen molar-refractivity contribution in [2.45, 2.75) is 104 Å². The highest BCUT2D eigenvalue weighted by atomic mass is 32.1. The Hall–Kier alpha value is -2.68. The highest BCUT2D eigenvalue weighted by Crippen LogP contribution is 2.42. The van der Waals surface area contributed by atoms with E-state index in [0.717, 1.165) is 74.4 Å². The topological polar surface area (TPSA) is 79.9 Å². The first-order valence-corrected chi connectivity index (χ1v) is 18.1. The first-order chi connectivity index (χ1) is 21.5. The van der Waals surface area contributed by atoms with Crippen molar-refractivity contribution in [3.05, 3.63) is 45.8 Å². The molecule has 3 aliphatic rings. The molecule has 6 rings (SSSR count). The smallest absolute Gasteiger partial charge is 0.233 e. The normalized spacial score (nSPS) is 20.9. The summed E-state index contributed by atoms with van der Waals surface area (Å²) >= 11 is 1.74. The predicted octanol–water partition coefficient (Wildman–Crippen LogP) is 6.43. The molecule has 7 nitrogen and oxygen atoms in total. The first-order valence-electron chi connectivity index (χ1n) is 17.3. The second-order valence-electron chi connectivity index (χ2n) is 14.5. The number of amides is 2. The van der Waals surface area contributed by atoms with E-state index in [2.05, 4.69) is 73.7 Å². The van der Waals surface area contributed by atoms with Gasteiger partial charge in [-0.2, -0.15) is 0 Å². The third-order valence-corrected chi connectivity index (χ3v) is 12.1. The number of benzene rings is 1. The Morgan fingerprint density at radius 3 is 2.31 bits per heavy atom. The fraction of sp³-hybridized carbons (Fsp3) is 0.622. The van der Waals surface area contributed by atoms with Gasteiger partial charge < -0.3 is 24.8 Å². The molecular weight excluding hydrogens is 580 g/mol. The molecule has 0 radical (unpaired) electrons. The molecule has 3 aliphatic heterocycles. The summed E-state index contributed by atoms with van der Waals surface area (Å²) in [5.74, 6) is 0.640. The first kappa shape index (κ1) is 32.3. The van der Waals surface area contributed by atoms with Gasteiger partial charge in [0.15, 0.2) is 0 Å². The fourth-order valence-electron chi connectivity index (χ4n) is 7.97. The van der Waals surface area contributed by atoms with Crippen LogP contribution in [0.25, 0.3) is 21.5 Å². The Morgan fingerprint density at radius 2 is 1.64 bits per heavy atom. The molecule has 2 amide bonds. The van der Waals surface area contributed by atoms with Crippen LogP contribution in [-0.2, 0) is 21.4 Å². The second-order valence-corrected chi connectivity index (χ2v) is 15.5. The summed E-state index contributed by atoms with van der Waals surface area (Å²) in [6.07, 6.45) is 7.09. The van der Waals surface area contributed by atoms with Gasteiger partial charge in [0.25, 0.3) is 0 Å². The molecular formula is C37H52N4O3S. The van der Waals surface area contributed by atoms with Crippen LogP contribution >= 0.6 is 11.3 Å². The third kappa shape index (κ3) is 6.61. The van der Waals surface area contributed by atoms with Crippen LogP contribution in [0.3, 0.4) is 0 Å². The number of carbonyl (C=O) groups excluding carboxylic acids is 2. The van der Waals surface area contributed by atoms with Crippen molar-refractivity contribution in [1.29, 1.82) is 0 Å². The maximum Gasteiger partial charge on any atom is 0.233 e. The van der Waals surface area contributed by atoms with Crippen molar-refractivity contribution in [2.75, 3.05) is 39.3 Å². The highest BCUT2D eigenvalue weighted by Gasteiger charge is 2.40. The lowest BCUT2D eigenvalue weighted by molar-refractivity contribution is -0.139. The maximum absolute atomic E-state index is 13.9. The number of aromatic amines is 1. The summed E-state index contributed by atoms with van der Waals surface area (Å²) in [5, 5.41) is 11.1. The number of fused-ring (bicyclic) bond motifs is 1. The van der Waals surface area contributed by atoms with Crippen LogP contribution in [0.1, 0.15) is 87.3 Å². The lowest BCUT2D eigenvalue weighted by Crippen LogP contribution is -2.46. The molecule has 1 atom stereocenters. The van der Waals surface area contributed by atoms with Crippen LogP contribution < -0.4 is 0 Å². The average molecular weight is 633 g/mol. The van der Waals surface area contributed by atoms with Crippen LogP contribution in [0.15, 0.2) is 24.3 Å². The number of aliphatic hydroxyl groups is 1. The number of carbonyl (C=O) groups is 2. The molecule has 3 aromatic rings. The van der Waals surface area contributed by atoms with Gasteiger partial charge in [0.2, 0.25) is 11.8 Å². The Kier molecular flexibility index (Phi) is 9.47. The van der Waals surface area contributed by atoms with Gasteiger partial charge >= 0.3 is 0 Å². The molecule has 1 unspecified atom stereocenters. The van der Waals surface area contributed by atoms with Crippen LogP contribution in [0.4, 0.5) is 0 Å². The molecule has 3 fully saturated rings. The van der Waals surface area contributed by atoms with Gasteiger partial charge in [0.05, 0.1) is 17.2 Å². The standard InChI is InChI=1S/C37H52N4O3S/c1-6-28-8-7-14-41(28)36(44)37(4,5)32-23-31-30(33(38-34(31)45-32)27-21-24(2)20-25(3)22-27)13-17-39-15-9-26(10-16-39)35(43)40-18-11-29(42)12-19-40/h20-23,26,28-29,38,42H,6-19H2,1-5H3. The number of piperidine rings is 2. The Balaban J connectivity index is 1.21. The van der Waals surface area contributed by atoms with E-state index in [0.29, 0.717) is 32.0 Å². The van der Waals surface area contributed by atoms with Crippen molar-refractivity contribution >= 4 is 33.4 Å². The van der Waals surface area contributed by atoms with E-state index in [1.165, 1.54) is 33.3 Å². The zero-order chi connectivity index (χ0) is 31.9. The van der Waals surface area contributed by atoms with Crippen molar-refractivity contribution in [1.82, 2.24) is 19.7 Å². The van der Waals surface area contributed by atoms with E-state index in [9.17, 15) is 14.7 Å². The number of hydrogen-bond donors (Lipinski definition) is 2. The number of aliphatic hydroxyl groups excluding tert-OH is 1. The van der Waals surface area contributed by atoms with E-state index in [1.807, 2.05) is 4.90 Å². The quantitative estimate of drug-likeness (QED) is 0.300. The summed E-state index contributed by atoms with van der Waals surface area (Å²) in [5.41, 5.74) is 5.70. The lowest BCUT2D eigenvalue weighted by atomic mass is 9.88. The SMILES string of the molecule is CCC1CCCN1C(=O)C(C)(C)c1cc2c(CCN3CCC(C(=O)N4CCC(O)CC4)CC3)c(-c3cc(C)cc(C)c3)[nH]c2s1. The summed E-state index contributed by atoms with van der Waals surface area (Å²) in [6.45, 7) is 15.8. The Morgan fingerprint density at radius 1 is 0.956 bits per heavy atom. The van der Waals surface area contributed by atoms with Crippen LogP contribution in [0.5, 0.6) is 0 Å². The minimum atomic E-state index is -0.569. The Labute approximate surface area is 273 Å². The minimum absolute atomic E-state index is 0.100. The minimum Gasteiger partial charge on any atom is -0.393 e. The summed E-state index contributed by atoms with van der Waals surface area (Å²) in [7, 11) is 0. The van der Waals surface area contributed by atoms with E-state index in [1.54, 1.807) is 11.3 Å². The number of likely N-dealkylation sites (tertiary alicyclic amines) is 3. The second kappa shape index (κ2) is 13.2. The molecule has 8 heteroatoms. The van der Waals surface area contributed by atoms with E-state index in [-0.39, 0.29) is 23.8 Å². The number of nitrogens with zero attached hydrogens (tertiary/aromatic N) is 3. The molecule has 1 aromatic carbocycles. The van der Waals surface area contributed by atoms with E-state index < -0.39 is 5.41 Å². The fourth-order valence-corrected chi connectivity index (χ4v) is 9.16. The molecule has 0 saturated carbocycles. The molecule has 2 aromatic heterocycles. The third-order valence-electron chi connectivity index (χ3n) is 10.8. The zero-order valence-corrected chi connectivity index (χ0v) is 28.8. The molecule has 3 saturated heterocycles. The summed E-state index contributed by atoms with van der Waals surface area (Å²) < 4.78 is 0. The summed E-state index contributed by atoms with van der Waals surface area (Å²) in [6, 6.07) is 9.43. The molecule has 5 heterocycles. The summed E-state index contributed by atoms with van der Waals surface area (Å²) in [4.78, 5) is 39.8. The van der Waals surface area contributed by atoms with Gasteiger partial charge in [-0.05, 0) is 121 Å². The molecule has 2 N–H and O–H groups in total. The van der Waals surface area contributed by atoms with Crippen molar-refractivity contribution in [3.8, 4) is 11.3 Å². The van der Waals surface area contributed by atoms with Crippen molar-refractivity contribution < 1.29 is 14.7 Å². The van der Waals surface area contributed by atoms with Gasteiger partial charge in [0, 0.05) is 48.4 Å². The van der Waals surface area contributed by atoms with Gasteiger partial charge in [-0.1, -0.05) is 24.1 Å². The van der Waals surface area contributed by atoms with Crippen molar-refractivity contribution in [3.63, 3.8) is 0 Å². The Bertz CT molecular complexity index is 1500. The monoisotopic (exact) mass is 632 g/mol. The molecule has 0 spiro atoms. The largest absolute Gasteiger partial charge is 0.393 e. The van der Waals surface area contributed by atoms with Gasteiger partial charge in [-0.15, -0.1) is 11.3 Å². The number of hydrogen-bond acceptors (Lipinski definition) is 5. The maximum atomic E-state index is 13.9. The molecule has 0 bridgehead atoms. The van der Waals surface area contributed by atoms with E-state index >= 15 is 0 Å². The molecule has 244 valence electrons.